The van der Waals surface area contributed by atoms with Crippen molar-refractivity contribution >= 4 is 46.7 Å². The minimum Gasteiger partial charge on any atom is -0.397 e. The van der Waals surface area contributed by atoms with Gasteiger partial charge in [-0.15, -0.1) is 0 Å². The van der Waals surface area contributed by atoms with E-state index in [4.69, 9.17) is 44.9 Å². The monoisotopic (exact) mass is 588 g/mol. The Morgan fingerprint density at radius 3 is 2.55 bits per heavy atom. The number of aromatic nitrogens is 2. The highest BCUT2D eigenvalue weighted by atomic mass is 35.5. The van der Waals surface area contributed by atoms with Crippen LogP contribution in [0, 0.1) is 0 Å². The van der Waals surface area contributed by atoms with Gasteiger partial charge in [0.25, 0.3) is 5.91 Å². The van der Waals surface area contributed by atoms with E-state index in [-0.39, 0.29) is 39.8 Å². The normalized spacial score (nSPS) is 16.3. The van der Waals surface area contributed by atoms with Crippen molar-refractivity contribution in [2.75, 3.05) is 19.6 Å². The Balaban J connectivity index is 1.22. The zero-order valence-electron chi connectivity index (χ0n) is 21.6. The molecule has 2 amide bonds. The van der Waals surface area contributed by atoms with Gasteiger partial charge in [-0.1, -0.05) is 34.9 Å². The smallest absolute Gasteiger partial charge is 0.278 e. The van der Waals surface area contributed by atoms with E-state index >= 15 is 0 Å². The number of benzene rings is 1. The molecule has 0 radical (unpaired) electrons. The van der Waals surface area contributed by atoms with Crippen LogP contribution in [0.15, 0.2) is 62.0 Å². The highest BCUT2D eigenvalue weighted by Gasteiger charge is 2.40. The third-order valence-electron chi connectivity index (χ3n) is 6.55. The molecule has 0 unspecified atom stereocenters. The third-order valence-corrected chi connectivity index (χ3v) is 7.10. The summed E-state index contributed by atoms with van der Waals surface area (Å²) in [5.41, 5.74) is 16.6. The van der Waals surface area contributed by atoms with E-state index in [1.54, 1.807) is 12.1 Å². The number of nitrogens with two attached hydrogens (primary N) is 3. The Bertz CT molecular complexity index is 1370. The van der Waals surface area contributed by atoms with E-state index in [0.29, 0.717) is 68.5 Å². The van der Waals surface area contributed by atoms with Gasteiger partial charge in [-0.3, -0.25) is 19.9 Å². The van der Waals surface area contributed by atoms with E-state index in [0.717, 1.165) is 5.56 Å². The topological polar surface area (TPSA) is 203 Å². The summed E-state index contributed by atoms with van der Waals surface area (Å²) in [6.07, 6.45) is 2.79. The third kappa shape index (κ3) is 7.10. The number of hydrogen-bond acceptors (Lipinski definition) is 11. The van der Waals surface area contributed by atoms with Gasteiger partial charge in [0, 0.05) is 36.5 Å². The summed E-state index contributed by atoms with van der Waals surface area (Å²) < 4.78 is 5.33. The lowest BCUT2D eigenvalue weighted by Gasteiger charge is -2.39. The van der Waals surface area contributed by atoms with E-state index in [1.165, 1.54) is 0 Å². The first-order chi connectivity index (χ1) is 19.0. The summed E-state index contributed by atoms with van der Waals surface area (Å²) in [5.74, 6) is 0.377. The molecule has 212 valence electrons. The quantitative estimate of drug-likeness (QED) is 0.222. The number of halogens is 2. The number of carbonyl (C=O) groups excluding carboxylic acids is 2. The summed E-state index contributed by atoms with van der Waals surface area (Å²) in [6.45, 7) is 5.11. The van der Waals surface area contributed by atoms with E-state index < -0.39 is 5.91 Å². The molecule has 1 aromatic heterocycles. The predicted molar refractivity (Wildman–Crippen MR) is 152 cm³/mol. The summed E-state index contributed by atoms with van der Waals surface area (Å²) >= 11 is 11.8. The molecule has 4 rings (SSSR count). The number of hydrogen-bond donors (Lipinski definition) is 5. The van der Waals surface area contributed by atoms with Crippen LogP contribution in [-0.2, 0) is 16.0 Å². The molecule has 40 heavy (non-hydrogen) atoms. The van der Waals surface area contributed by atoms with Gasteiger partial charge < -0.3 is 31.9 Å². The van der Waals surface area contributed by atoms with Crippen LogP contribution in [0.4, 0.5) is 0 Å². The molecule has 2 aromatic rings. The lowest BCUT2D eigenvalue weighted by atomic mass is 9.88. The van der Waals surface area contributed by atoms with Crippen molar-refractivity contribution < 1.29 is 14.1 Å². The molecule has 15 heteroatoms. The van der Waals surface area contributed by atoms with Gasteiger partial charge in [0.1, 0.15) is 5.82 Å². The Kier molecular flexibility index (Phi) is 8.95. The Morgan fingerprint density at radius 1 is 1.20 bits per heavy atom. The molecule has 1 aromatic carbocycles. The molecular weight excluding hydrogens is 559 g/mol. The molecule has 0 atom stereocenters. The van der Waals surface area contributed by atoms with Gasteiger partial charge in [0.15, 0.2) is 16.8 Å². The van der Waals surface area contributed by atoms with Crippen molar-refractivity contribution in [3.05, 3.63) is 58.4 Å². The first-order valence-corrected chi connectivity index (χ1v) is 13.3. The van der Waals surface area contributed by atoms with Gasteiger partial charge >= 0.3 is 0 Å². The van der Waals surface area contributed by atoms with Crippen LogP contribution in [0.2, 0.25) is 5.02 Å². The molecule has 0 bridgehead atoms. The predicted octanol–water partition coefficient (Wildman–Crippen LogP) is 1.35. The van der Waals surface area contributed by atoms with E-state index in [2.05, 4.69) is 37.3 Å². The van der Waals surface area contributed by atoms with Crippen LogP contribution in [0.25, 0.3) is 11.4 Å². The zero-order chi connectivity index (χ0) is 28.9. The van der Waals surface area contributed by atoms with Crippen molar-refractivity contribution in [3.8, 4) is 11.4 Å². The lowest BCUT2D eigenvalue weighted by Crippen LogP contribution is -2.57. The van der Waals surface area contributed by atoms with Gasteiger partial charge in [-0.05, 0) is 43.5 Å². The fourth-order valence-electron chi connectivity index (χ4n) is 4.32. The highest BCUT2D eigenvalue weighted by Crippen LogP contribution is 2.26. The Labute approximate surface area is 240 Å². The molecule has 3 heterocycles. The average molecular weight is 589 g/mol. The van der Waals surface area contributed by atoms with Crippen molar-refractivity contribution in [1.29, 1.82) is 0 Å². The molecule has 13 nitrogen and oxygen atoms in total. The van der Waals surface area contributed by atoms with Gasteiger partial charge in [0.2, 0.25) is 17.6 Å². The minimum atomic E-state index is -0.663. The number of nitrogens with one attached hydrogen (secondary N) is 2. The fraction of sp³-hybridized carbons (Fsp3) is 0.360. The van der Waals surface area contributed by atoms with Crippen molar-refractivity contribution in [2.24, 2.45) is 27.2 Å². The van der Waals surface area contributed by atoms with Crippen LogP contribution in [0.1, 0.15) is 31.6 Å². The van der Waals surface area contributed by atoms with Crippen LogP contribution < -0.4 is 27.8 Å². The summed E-state index contributed by atoms with van der Waals surface area (Å²) in [5, 5.41) is 10.3. The van der Waals surface area contributed by atoms with Crippen LogP contribution in [0.5, 0.6) is 0 Å². The van der Waals surface area contributed by atoms with Crippen LogP contribution in [-0.4, -0.2) is 63.7 Å². The summed E-state index contributed by atoms with van der Waals surface area (Å²) in [7, 11) is 0. The first kappa shape index (κ1) is 28.9. The first-order valence-electron chi connectivity index (χ1n) is 12.5. The highest BCUT2D eigenvalue weighted by molar-refractivity contribution is 6.48. The maximum absolute atomic E-state index is 12.8. The molecule has 2 aliphatic rings. The number of guanidine groups is 1. The second-order valence-electron chi connectivity index (χ2n) is 9.51. The molecule has 2 aliphatic heterocycles. The van der Waals surface area contributed by atoms with Gasteiger partial charge in [0.05, 0.1) is 17.8 Å². The average Bonchev–Trinajstić information content (AvgIpc) is 3.55. The molecule has 0 aliphatic carbocycles. The largest absolute Gasteiger partial charge is 0.397 e. The Morgan fingerprint density at radius 2 is 1.90 bits per heavy atom. The fourth-order valence-corrected chi connectivity index (χ4v) is 4.53. The maximum Gasteiger partial charge on any atom is 0.278 e. The number of aliphatic imine (C=N–C) groups is 2. The number of aryl methyl sites for hydroxylation is 1. The second kappa shape index (κ2) is 12.4. The molecule has 1 spiro atoms. The Hall–Kier alpha value is -4.10. The standard InChI is InChI=1S/C25H30Cl2N10O3/c1-14(28)19(33-20(27)21(29)30)23(39)34-24-31-13-25(35-24)9-11-37(12-10-25)18(38)4-2-3-17-32-22(36-40-17)15-5-7-16(26)8-6-15/h5-8H,1-4,9-13,28-30H2,(H2,31,34,35,39). The van der Waals surface area contributed by atoms with Crippen molar-refractivity contribution in [2.45, 2.75) is 37.6 Å². The summed E-state index contributed by atoms with van der Waals surface area (Å²) in [6, 6.07) is 7.16. The maximum atomic E-state index is 12.8. The molecular formula is C25H30Cl2N10O3. The lowest BCUT2D eigenvalue weighted by molar-refractivity contribution is -0.132. The van der Waals surface area contributed by atoms with Crippen LogP contribution >= 0.6 is 23.2 Å². The molecule has 1 fully saturated rings. The molecule has 8 N–H and O–H groups in total. The number of amides is 2. The number of rotatable bonds is 8. The summed E-state index contributed by atoms with van der Waals surface area (Å²) in [4.78, 5) is 40.0. The van der Waals surface area contributed by atoms with Crippen molar-refractivity contribution in [3.63, 3.8) is 0 Å². The van der Waals surface area contributed by atoms with E-state index in [1.807, 2.05) is 17.0 Å². The molecule has 1 saturated heterocycles. The van der Waals surface area contributed by atoms with Gasteiger partial charge in [-0.25, -0.2) is 4.99 Å². The second-order valence-corrected chi connectivity index (χ2v) is 10.3. The zero-order valence-corrected chi connectivity index (χ0v) is 23.1. The van der Waals surface area contributed by atoms with Gasteiger partial charge in [-0.2, -0.15) is 4.98 Å². The minimum absolute atomic E-state index is 0.0613. The number of piperidine rings is 1. The van der Waals surface area contributed by atoms with Crippen molar-refractivity contribution in [1.82, 2.24) is 25.7 Å². The number of nitrogens with zero attached hydrogens (tertiary/aromatic N) is 5. The SMILES string of the molecule is C=C(N)C(=NC(Cl)=C(N)N)C(=O)NC1=NCC2(CCN(C(=O)CCCc3nc(-c4ccc(Cl)cc4)no3)CC2)N1. The van der Waals surface area contributed by atoms with Crippen LogP contribution in [0.3, 0.4) is 0 Å². The van der Waals surface area contributed by atoms with E-state index in [9.17, 15) is 9.59 Å². The number of carbonyl (C=O) groups is 2. The molecule has 0 saturated carbocycles. The number of likely N-dealkylation sites (tertiary alicyclic amines) is 1.